The van der Waals surface area contributed by atoms with Crippen LogP contribution in [-0.2, 0) is 20.9 Å². The first-order chi connectivity index (χ1) is 22.8. The summed E-state index contributed by atoms with van der Waals surface area (Å²) in [6, 6.07) is 31.4. The average molecular weight is 626 g/mol. The van der Waals surface area contributed by atoms with Crippen LogP contribution < -0.4 is 16.0 Å². The first kappa shape index (κ1) is 32.0. The van der Waals surface area contributed by atoms with Crippen LogP contribution in [0, 0.1) is 24.7 Å². The number of nitrogens with two attached hydrogens (primary N) is 1. The highest BCUT2D eigenvalue weighted by Gasteiger charge is 2.39. The van der Waals surface area contributed by atoms with Gasteiger partial charge in [-0.1, -0.05) is 122 Å². The summed E-state index contributed by atoms with van der Waals surface area (Å²) in [6.07, 6.45) is 6.82. The minimum absolute atomic E-state index is 0.226. The third kappa shape index (κ3) is 6.92. The monoisotopic (exact) mass is 625 g/mol. The number of nitrogens with one attached hydrogen (secondary N) is 1. The van der Waals surface area contributed by atoms with Gasteiger partial charge in [0, 0.05) is 5.56 Å². The predicted molar refractivity (Wildman–Crippen MR) is 188 cm³/mol. The molecular formula is C41H43N3O3. The number of carbonyl (C=O) groups excluding carboxylic acids is 3. The maximum absolute atomic E-state index is 14.8. The molecule has 6 heteroatoms. The molecule has 240 valence electrons. The number of fused-ring (bicyclic) bond motifs is 3. The smallest absolute Gasteiger partial charge is 0.254 e. The average Bonchev–Trinajstić information content (AvgIpc) is 3.58. The summed E-state index contributed by atoms with van der Waals surface area (Å²) in [7, 11) is 0. The highest BCUT2D eigenvalue weighted by Crippen LogP contribution is 2.42. The zero-order chi connectivity index (χ0) is 32.9. The van der Waals surface area contributed by atoms with E-state index in [9.17, 15) is 14.4 Å². The number of nitrogens with zero attached hydrogens (tertiary/aromatic N) is 1. The van der Waals surface area contributed by atoms with Crippen molar-refractivity contribution in [2.75, 3.05) is 4.90 Å². The molecule has 4 aromatic carbocycles. The van der Waals surface area contributed by atoms with E-state index in [0.29, 0.717) is 25.3 Å². The van der Waals surface area contributed by atoms with E-state index in [0.717, 1.165) is 64.8 Å². The molecule has 0 radical (unpaired) electrons. The molecule has 1 unspecified atom stereocenters. The van der Waals surface area contributed by atoms with Crippen molar-refractivity contribution in [3.63, 3.8) is 0 Å². The van der Waals surface area contributed by atoms with Crippen LogP contribution in [0.25, 0.3) is 22.3 Å². The highest BCUT2D eigenvalue weighted by molar-refractivity contribution is 6.06. The summed E-state index contributed by atoms with van der Waals surface area (Å²) < 4.78 is 0. The number of primary amides is 1. The van der Waals surface area contributed by atoms with Gasteiger partial charge in [-0.25, -0.2) is 0 Å². The van der Waals surface area contributed by atoms with Gasteiger partial charge in [0.05, 0.1) is 24.1 Å². The Hall–Kier alpha value is -4.97. The molecule has 0 saturated heterocycles. The van der Waals surface area contributed by atoms with Crippen LogP contribution in [0.3, 0.4) is 0 Å². The number of aryl methyl sites for hydroxylation is 1. The second kappa shape index (κ2) is 14.2. The maximum Gasteiger partial charge on any atom is 0.254 e. The fourth-order valence-corrected chi connectivity index (χ4v) is 7.39. The molecule has 3 N–H and O–H groups in total. The van der Waals surface area contributed by atoms with Crippen molar-refractivity contribution in [1.29, 1.82) is 0 Å². The van der Waals surface area contributed by atoms with Gasteiger partial charge in [0.15, 0.2) is 0 Å². The van der Waals surface area contributed by atoms with Gasteiger partial charge in [0.2, 0.25) is 11.8 Å². The molecule has 1 saturated carbocycles. The largest absolute Gasteiger partial charge is 0.369 e. The van der Waals surface area contributed by atoms with Crippen LogP contribution in [0.1, 0.15) is 61.3 Å². The molecule has 6 nitrogen and oxygen atoms in total. The lowest BCUT2D eigenvalue weighted by Gasteiger charge is -2.30. The lowest BCUT2D eigenvalue weighted by atomic mass is 9.80. The molecule has 0 aromatic heterocycles. The fraction of sp³-hybridized carbons (Fsp3) is 0.293. The van der Waals surface area contributed by atoms with E-state index >= 15 is 0 Å². The fourth-order valence-electron chi connectivity index (χ4n) is 7.39. The number of amides is 3. The molecule has 1 aliphatic heterocycles. The SMILES string of the molecule is C=CC[C@H](C(N)=O)[C@@H](CC1CCCC1)C(=O)NC1C(=O)N(Cc2cccc(-c3ccc(C)cc3)c2)c2ccccc2-c2ccccc21. The van der Waals surface area contributed by atoms with E-state index in [2.05, 4.69) is 55.2 Å². The van der Waals surface area contributed by atoms with Crippen LogP contribution in [0.5, 0.6) is 0 Å². The van der Waals surface area contributed by atoms with Crippen LogP contribution in [0.15, 0.2) is 110 Å². The van der Waals surface area contributed by atoms with Gasteiger partial charge in [0.1, 0.15) is 6.04 Å². The number of benzene rings is 4. The normalized spacial score (nSPS) is 17.3. The van der Waals surface area contributed by atoms with Gasteiger partial charge >= 0.3 is 0 Å². The van der Waals surface area contributed by atoms with Crippen molar-refractivity contribution in [1.82, 2.24) is 5.32 Å². The second-order valence-corrected chi connectivity index (χ2v) is 13.1. The summed E-state index contributed by atoms with van der Waals surface area (Å²) in [5.74, 6) is -2.06. The van der Waals surface area contributed by atoms with E-state index in [4.69, 9.17) is 5.73 Å². The number of hydrogen-bond donors (Lipinski definition) is 2. The Balaban J connectivity index is 1.38. The molecule has 4 aromatic rings. The minimum atomic E-state index is -0.949. The highest BCUT2D eigenvalue weighted by atomic mass is 16.2. The van der Waals surface area contributed by atoms with Crippen molar-refractivity contribution in [2.45, 2.75) is 58.0 Å². The van der Waals surface area contributed by atoms with Crippen molar-refractivity contribution < 1.29 is 14.4 Å². The van der Waals surface area contributed by atoms with Gasteiger partial charge in [-0.05, 0) is 65.6 Å². The first-order valence-corrected chi connectivity index (χ1v) is 16.7. The van der Waals surface area contributed by atoms with Gasteiger partial charge in [-0.2, -0.15) is 0 Å². The molecule has 47 heavy (non-hydrogen) atoms. The number of para-hydroxylation sites is 1. The third-order valence-electron chi connectivity index (χ3n) is 9.88. The molecule has 3 amide bonds. The van der Waals surface area contributed by atoms with Crippen LogP contribution in [0.4, 0.5) is 5.69 Å². The van der Waals surface area contributed by atoms with E-state index in [1.807, 2.05) is 60.7 Å². The topological polar surface area (TPSA) is 92.5 Å². The van der Waals surface area contributed by atoms with E-state index in [1.54, 1.807) is 11.0 Å². The minimum Gasteiger partial charge on any atom is -0.369 e. The maximum atomic E-state index is 14.8. The number of carbonyl (C=O) groups is 3. The Labute approximate surface area is 277 Å². The van der Waals surface area contributed by atoms with Crippen LogP contribution >= 0.6 is 0 Å². The molecule has 3 atom stereocenters. The molecule has 1 heterocycles. The van der Waals surface area contributed by atoms with E-state index in [-0.39, 0.29) is 11.8 Å². The zero-order valence-corrected chi connectivity index (χ0v) is 27.0. The number of anilines is 1. The molecule has 1 fully saturated rings. The first-order valence-electron chi connectivity index (χ1n) is 16.7. The van der Waals surface area contributed by atoms with Gasteiger partial charge < -0.3 is 16.0 Å². The van der Waals surface area contributed by atoms with Gasteiger partial charge in [-0.15, -0.1) is 6.58 Å². The second-order valence-electron chi connectivity index (χ2n) is 13.1. The molecule has 2 aliphatic rings. The molecule has 0 spiro atoms. The van der Waals surface area contributed by atoms with Gasteiger partial charge in [-0.3, -0.25) is 14.4 Å². The lowest BCUT2D eigenvalue weighted by molar-refractivity contribution is -0.136. The summed E-state index contributed by atoms with van der Waals surface area (Å²) in [6.45, 7) is 6.22. The number of rotatable bonds is 11. The van der Waals surface area contributed by atoms with Crippen molar-refractivity contribution in [3.8, 4) is 22.3 Å². The third-order valence-corrected chi connectivity index (χ3v) is 9.88. The molecule has 0 bridgehead atoms. The standard InChI is InChI=1S/C41H43N3O3/c1-3-11-35(39(42)45)36(25-28-12-4-5-13-28)40(46)43-38-34-18-7-6-16-32(34)33-17-8-9-19-37(33)44(41(38)47)26-29-14-10-15-31(24-29)30-22-20-27(2)21-23-30/h3,6-10,14-24,28,35-36,38H,1,4-5,11-13,25-26H2,2H3,(H2,42,45)(H,43,46)/t35-,36+,38?/m0/s1. The predicted octanol–water partition coefficient (Wildman–Crippen LogP) is 7.91. The van der Waals surface area contributed by atoms with Crippen LogP contribution in [0.2, 0.25) is 0 Å². The quantitative estimate of drug-likeness (QED) is 0.166. The summed E-state index contributed by atoms with van der Waals surface area (Å²) in [5, 5.41) is 3.15. The number of allylic oxidation sites excluding steroid dienone is 1. The summed E-state index contributed by atoms with van der Waals surface area (Å²) in [4.78, 5) is 43.6. The molecule has 6 rings (SSSR count). The van der Waals surface area contributed by atoms with Crippen molar-refractivity contribution >= 4 is 23.4 Å². The zero-order valence-electron chi connectivity index (χ0n) is 27.0. The van der Waals surface area contributed by atoms with Crippen molar-refractivity contribution in [2.24, 2.45) is 23.5 Å². The van der Waals surface area contributed by atoms with Crippen molar-refractivity contribution in [3.05, 3.63) is 126 Å². The van der Waals surface area contributed by atoms with Gasteiger partial charge in [0.25, 0.3) is 5.91 Å². The summed E-state index contributed by atoms with van der Waals surface area (Å²) in [5.41, 5.74) is 13.6. The Morgan fingerprint density at radius 3 is 2.32 bits per heavy atom. The summed E-state index contributed by atoms with van der Waals surface area (Å²) >= 11 is 0. The van der Waals surface area contributed by atoms with Crippen LogP contribution in [-0.4, -0.2) is 17.7 Å². The van der Waals surface area contributed by atoms with E-state index < -0.39 is 23.8 Å². The molecule has 1 aliphatic carbocycles. The number of hydrogen-bond acceptors (Lipinski definition) is 3. The Kier molecular flexibility index (Phi) is 9.67. The molecular weight excluding hydrogens is 582 g/mol. The Morgan fingerprint density at radius 2 is 1.60 bits per heavy atom. The Morgan fingerprint density at radius 1 is 0.894 bits per heavy atom. The van der Waals surface area contributed by atoms with E-state index in [1.165, 1.54) is 5.56 Å². The Bertz CT molecular complexity index is 1770. The lowest BCUT2D eigenvalue weighted by Crippen LogP contribution is -2.47.